The maximum atomic E-state index is 12.8. The first-order valence-electron chi connectivity index (χ1n) is 9.42. The van der Waals surface area contributed by atoms with Crippen LogP contribution in [0, 0.1) is 0 Å². The minimum Gasteiger partial charge on any atom is -0.493 e. The van der Waals surface area contributed by atoms with Crippen molar-refractivity contribution in [3.05, 3.63) is 53.1 Å². The molecule has 2 aromatic carbocycles. The molecule has 0 heterocycles. The number of rotatable bonds is 9. The Morgan fingerprint density at radius 2 is 1.57 bits per heavy atom. The highest BCUT2D eigenvalue weighted by Gasteiger charge is 2.21. The van der Waals surface area contributed by atoms with Crippen molar-refractivity contribution in [1.29, 1.82) is 0 Å². The topological polar surface area (TPSA) is 61.2 Å². The van der Waals surface area contributed by atoms with Gasteiger partial charge in [-0.2, -0.15) is 0 Å². The van der Waals surface area contributed by atoms with Crippen molar-refractivity contribution in [3.8, 4) is 17.2 Å². The van der Waals surface area contributed by atoms with Crippen LogP contribution in [-0.2, 0) is 6.42 Å². The summed E-state index contributed by atoms with van der Waals surface area (Å²) in [4.78, 5) is 14.0. The SMILES string of the molecule is CCc1ccc([C@@H](CNC(=O)c2cc(OC)c(OC)c(OC)c2)[NH+](C)C)cc1. The Kier molecular flexibility index (Phi) is 7.70. The third-order valence-corrected chi connectivity index (χ3v) is 4.88. The van der Waals surface area contributed by atoms with E-state index in [-0.39, 0.29) is 11.9 Å². The predicted molar refractivity (Wildman–Crippen MR) is 110 cm³/mol. The van der Waals surface area contributed by atoms with Crippen molar-refractivity contribution in [1.82, 2.24) is 5.32 Å². The first-order chi connectivity index (χ1) is 13.4. The molecule has 0 aromatic heterocycles. The summed E-state index contributed by atoms with van der Waals surface area (Å²) in [5.41, 5.74) is 2.96. The molecule has 1 atom stereocenters. The van der Waals surface area contributed by atoms with Gasteiger partial charge in [-0.15, -0.1) is 0 Å². The maximum Gasteiger partial charge on any atom is 0.251 e. The van der Waals surface area contributed by atoms with E-state index < -0.39 is 0 Å². The molecule has 0 aliphatic rings. The largest absolute Gasteiger partial charge is 0.493 e. The van der Waals surface area contributed by atoms with Crippen molar-refractivity contribution >= 4 is 5.91 Å². The Bertz CT molecular complexity index is 763. The summed E-state index contributed by atoms with van der Waals surface area (Å²) in [7, 11) is 8.77. The number of quaternary nitrogens is 1. The Morgan fingerprint density at radius 3 is 2.00 bits per heavy atom. The molecule has 0 saturated heterocycles. The summed E-state index contributed by atoms with van der Waals surface area (Å²) < 4.78 is 16.0. The van der Waals surface area contributed by atoms with Gasteiger partial charge in [0, 0.05) is 11.1 Å². The zero-order chi connectivity index (χ0) is 20.7. The van der Waals surface area contributed by atoms with Crippen LogP contribution >= 0.6 is 0 Å². The zero-order valence-corrected chi connectivity index (χ0v) is 17.6. The van der Waals surface area contributed by atoms with Gasteiger partial charge in [-0.05, 0) is 24.1 Å². The standard InChI is InChI=1S/C22H30N2O4/c1-7-15-8-10-16(11-9-15)18(24(2)3)14-23-22(25)17-12-19(26-4)21(28-6)20(13-17)27-5/h8-13,18H,7,14H2,1-6H3,(H,23,25)/p+1/t18-/m1/s1. The van der Waals surface area contributed by atoms with Gasteiger partial charge in [0.25, 0.3) is 5.91 Å². The van der Waals surface area contributed by atoms with Gasteiger partial charge in [0.2, 0.25) is 5.75 Å². The van der Waals surface area contributed by atoms with Crippen molar-refractivity contribution in [2.45, 2.75) is 19.4 Å². The van der Waals surface area contributed by atoms with Gasteiger partial charge in [0.1, 0.15) is 6.04 Å². The molecule has 0 unspecified atom stereocenters. The Labute approximate surface area is 167 Å². The number of carbonyl (C=O) groups is 1. The molecule has 6 nitrogen and oxygen atoms in total. The molecule has 0 aliphatic heterocycles. The number of ether oxygens (including phenoxy) is 3. The molecule has 28 heavy (non-hydrogen) atoms. The summed E-state index contributed by atoms with van der Waals surface area (Å²) >= 11 is 0. The first kappa shape index (κ1) is 21.6. The van der Waals surface area contributed by atoms with E-state index in [2.05, 4.69) is 50.6 Å². The normalized spacial score (nSPS) is 11.8. The monoisotopic (exact) mass is 387 g/mol. The smallest absolute Gasteiger partial charge is 0.251 e. The van der Waals surface area contributed by atoms with Crippen molar-refractivity contribution in [3.63, 3.8) is 0 Å². The van der Waals surface area contributed by atoms with Gasteiger partial charge in [-0.3, -0.25) is 4.79 Å². The van der Waals surface area contributed by atoms with E-state index in [4.69, 9.17) is 14.2 Å². The van der Waals surface area contributed by atoms with E-state index in [1.165, 1.54) is 37.4 Å². The number of hydrogen-bond donors (Lipinski definition) is 2. The molecule has 0 saturated carbocycles. The van der Waals surface area contributed by atoms with Crippen molar-refractivity contribution in [2.75, 3.05) is 42.0 Å². The number of aryl methyl sites for hydroxylation is 1. The molecule has 152 valence electrons. The lowest BCUT2D eigenvalue weighted by Gasteiger charge is -2.22. The zero-order valence-electron chi connectivity index (χ0n) is 17.6. The Balaban J connectivity index is 2.18. The third kappa shape index (κ3) is 4.95. The van der Waals surface area contributed by atoms with Crippen LogP contribution < -0.4 is 24.4 Å². The van der Waals surface area contributed by atoms with E-state index >= 15 is 0 Å². The minimum absolute atomic E-state index is 0.150. The quantitative estimate of drug-likeness (QED) is 0.690. The van der Waals surface area contributed by atoms with E-state index in [9.17, 15) is 4.79 Å². The second kappa shape index (κ2) is 9.99. The fourth-order valence-electron chi connectivity index (χ4n) is 3.15. The van der Waals surface area contributed by atoms with Gasteiger partial charge in [0.05, 0.1) is 42.0 Å². The van der Waals surface area contributed by atoms with E-state index in [1.807, 2.05) is 0 Å². The molecule has 0 bridgehead atoms. The lowest BCUT2D eigenvalue weighted by molar-refractivity contribution is -0.890. The van der Waals surface area contributed by atoms with Crippen LogP contribution in [0.25, 0.3) is 0 Å². The maximum absolute atomic E-state index is 12.8. The van der Waals surface area contributed by atoms with Crippen LogP contribution in [0.1, 0.15) is 34.5 Å². The Hall–Kier alpha value is -2.73. The third-order valence-electron chi connectivity index (χ3n) is 4.88. The number of methoxy groups -OCH3 is 3. The van der Waals surface area contributed by atoms with Gasteiger partial charge in [0.15, 0.2) is 11.5 Å². The van der Waals surface area contributed by atoms with Gasteiger partial charge in [-0.25, -0.2) is 0 Å². The molecule has 0 radical (unpaired) electrons. The van der Waals surface area contributed by atoms with E-state index in [0.717, 1.165) is 6.42 Å². The average molecular weight is 388 g/mol. The lowest BCUT2D eigenvalue weighted by atomic mass is 10.0. The fraction of sp³-hybridized carbons (Fsp3) is 0.409. The lowest BCUT2D eigenvalue weighted by Crippen LogP contribution is -3.07. The molecule has 0 spiro atoms. The minimum atomic E-state index is -0.185. The van der Waals surface area contributed by atoms with Crippen LogP contribution in [0.2, 0.25) is 0 Å². The highest BCUT2D eigenvalue weighted by molar-refractivity contribution is 5.95. The molecule has 1 amide bonds. The van der Waals surface area contributed by atoms with Crippen LogP contribution in [0.4, 0.5) is 0 Å². The molecule has 0 fully saturated rings. The van der Waals surface area contributed by atoms with Crippen LogP contribution in [0.5, 0.6) is 17.2 Å². The second-order valence-electron chi connectivity index (χ2n) is 6.85. The van der Waals surface area contributed by atoms with Crippen molar-refractivity contribution < 1.29 is 23.9 Å². The number of carbonyl (C=O) groups excluding carboxylic acids is 1. The highest BCUT2D eigenvalue weighted by Crippen LogP contribution is 2.38. The predicted octanol–water partition coefficient (Wildman–Crippen LogP) is 1.89. The molecule has 2 rings (SSSR count). The van der Waals surface area contributed by atoms with E-state index in [0.29, 0.717) is 29.4 Å². The summed E-state index contributed by atoms with van der Waals surface area (Å²) in [6.45, 7) is 2.66. The average Bonchev–Trinajstić information content (AvgIpc) is 2.72. The first-order valence-corrected chi connectivity index (χ1v) is 9.42. The summed E-state index contributed by atoms with van der Waals surface area (Å²) in [5, 5.41) is 3.04. The van der Waals surface area contributed by atoms with Crippen molar-refractivity contribution in [2.24, 2.45) is 0 Å². The Morgan fingerprint density at radius 1 is 1.00 bits per heavy atom. The van der Waals surface area contributed by atoms with Gasteiger partial charge in [-0.1, -0.05) is 31.2 Å². The number of amides is 1. The van der Waals surface area contributed by atoms with Gasteiger partial charge < -0.3 is 24.4 Å². The number of benzene rings is 2. The van der Waals surface area contributed by atoms with Gasteiger partial charge >= 0.3 is 0 Å². The summed E-state index contributed by atoms with van der Waals surface area (Å²) in [5.74, 6) is 1.19. The van der Waals surface area contributed by atoms with Crippen LogP contribution in [-0.4, -0.2) is 47.9 Å². The molecule has 0 aliphatic carbocycles. The number of likely N-dealkylation sites (N-methyl/N-ethyl adjacent to an activating group) is 1. The molecule has 6 heteroatoms. The molecular weight excluding hydrogens is 356 g/mol. The van der Waals surface area contributed by atoms with Crippen LogP contribution in [0.15, 0.2) is 36.4 Å². The fourth-order valence-corrected chi connectivity index (χ4v) is 3.15. The molecule has 2 N–H and O–H groups in total. The highest BCUT2D eigenvalue weighted by atomic mass is 16.5. The summed E-state index contributed by atoms with van der Waals surface area (Å²) in [6, 6.07) is 12.0. The number of hydrogen-bond acceptors (Lipinski definition) is 4. The molecule has 2 aromatic rings. The van der Waals surface area contributed by atoms with E-state index in [1.54, 1.807) is 12.1 Å². The number of nitrogens with one attached hydrogen (secondary N) is 2. The molecular formula is C22H31N2O4+. The van der Waals surface area contributed by atoms with Crippen LogP contribution in [0.3, 0.4) is 0 Å². The second-order valence-corrected chi connectivity index (χ2v) is 6.85. The summed E-state index contributed by atoms with van der Waals surface area (Å²) in [6.07, 6.45) is 1.01.